The number of rotatable bonds is 4. The number of carbonyl (C=O) groups excluding carboxylic acids is 1. The maximum Gasteiger partial charge on any atom is 0.338 e. The van der Waals surface area contributed by atoms with E-state index in [1.54, 1.807) is 18.2 Å². The molecule has 0 bridgehead atoms. The highest BCUT2D eigenvalue weighted by Crippen LogP contribution is 2.20. The third-order valence-electron chi connectivity index (χ3n) is 2.98. The number of carbonyl (C=O) groups is 1. The van der Waals surface area contributed by atoms with Crippen molar-refractivity contribution in [2.45, 2.75) is 0 Å². The molecule has 0 spiro atoms. The molecule has 1 aliphatic rings. The van der Waals surface area contributed by atoms with Crippen LogP contribution in [0.15, 0.2) is 22.7 Å². The molecule has 1 heterocycles. The lowest BCUT2D eigenvalue weighted by molar-refractivity contribution is 0.0195. The number of nitrogen functional groups attached to an aromatic ring is 1. The Bertz CT molecular complexity index is 448. The van der Waals surface area contributed by atoms with Gasteiger partial charge in [0.25, 0.3) is 0 Å². The van der Waals surface area contributed by atoms with E-state index in [0.29, 0.717) is 17.9 Å². The standard InChI is InChI=1S/C13H17BrN2O3/c14-11-2-1-10(9-12(11)15)13(17)19-8-5-16-3-6-18-7-4-16/h1-2,9H,3-8,15H2. The Morgan fingerprint density at radius 2 is 2.16 bits per heavy atom. The molecule has 104 valence electrons. The van der Waals surface area contributed by atoms with Gasteiger partial charge in [0.1, 0.15) is 6.61 Å². The van der Waals surface area contributed by atoms with Crippen LogP contribution in [0.4, 0.5) is 5.69 Å². The molecule has 2 rings (SSSR count). The van der Waals surface area contributed by atoms with E-state index in [4.69, 9.17) is 15.2 Å². The molecule has 0 atom stereocenters. The van der Waals surface area contributed by atoms with Crippen LogP contribution in [0.1, 0.15) is 10.4 Å². The van der Waals surface area contributed by atoms with Crippen LogP contribution in [0.5, 0.6) is 0 Å². The number of nitrogens with two attached hydrogens (primary N) is 1. The minimum atomic E-state index is -0.340. The monoisotopic (exact) mass is 328 g/mol. The second kappa shape index (κ2) is 6.88. The van der Waals surface area contributed by atoms with Gasteiger partial charge in [-0.3, -0.25) is 4.90 Å². The molecule has 1 saturated heterocycles. The maximum atomic E-state index is 11.8. The number of hydrogen-bond donors (Lipinski definition) is 1. The predicted molar refractivity (Wildman–Crippen MR) is 76.1 cm³/mol. The average Bonchev–Trinajstić information content (AvgIpc) is 2.43. The van der Waals surface area contributed by atoms with Gasteiger partial charge in [-0.05, 0) is 34.1 Å². The van der Waals surface area contributed by atoms with Crippen molar-refractivity contribution in [3.8, 4) is 0 Å². The molecule has 0 unspecified atom stereocenters. The highest BCUT2D eigenvalue weighted by atomic mass is 79.9. The van der Waals surface area contributed by atoms with Gasteiger partial charge in [0, 0.05) is 29.8 Å². The van der Waals surface area contributed by atoms with Crippen molar-refractivity contribution in [3.05, 3.63) is 28.2 Å². The van der Waals surface area contributed by atoms with E-state index in [1.165, 1.54) is 0 Å². The van der Waals surface area contributed by atoms with Crippen LogP contribution in [0.2, 0.25) is 0 Å². The van der Waals surface area contributed by atoms with Crippen LogP contribution in [-0.2, 0) is 9.47 Å². The summed E-state index contributed by atoms with van der Waals surface area (Å²) in [6.07, 6.45) is 0. The smallest absolute Gasteiger partial charge is 0.338 e. The predicted octanol–water partition coefficient (Wildman–Crippen LogP) is 1.52. The van der Waals surface area contributed by atoms with E-state index in [2.05, 4.69) is 20.8 Å². The number of morpholine rings is 1. The van der Waals surface area contributed by atoms with E-state index in [-0.39, 0.29) is 5.97 Å². The molecule has 1 fully saturated rings. The molecule has 1 aliphatic heterocycles. The Balaban J connectivity index is 1.78. The molecule has 19 heavy (non-hydrogen) atoms. The number of hydrogen-bond acceptors (Lipinski definition) is 5. The van der Waals surface area contributed by atoms with Gasteiger partial charge in [-0.2, -0.15) is 0 Å². The maximum absolute atomic E-state index is 11.8. The zero-order valence-corrected chi connectivity index (χ0v) is 12.2. The number of esters is 1. The second-order valence-corrected chi connectivity index (χ2v) is 5.18. The quantitative estimate of drug-likeness (QED) is 0.670. The third kappa shape index (κ3) is 4.19. The van der Waals surface area contributed by atoms with Gasteiger partial charge in [0.2, 0.25) is 0 Å². The van der Waals surface area contributed by atoms with Crippen molar-refractivity contribution >= 4 is 27.6 Å². The molecule has 0 saturated carbocycles. The van der Waals surface area contributed by atoms with Crippen LogP contribution >= 0.6 is 15.9 Å². The molecule has 2 N–H and O–H groups in total. The summed E-state index contributed by atoms with van der Waals surface area (Å²) >= 11 is 3.29. The lowest BCUT2D eigenvalue weighted by atomic mass is 10.2. The summed E-state index contributed by atoms with van der Waals surface area (Å²) in [6.45, 7) is 4.40. The molecular weight excluding hydrogens is 312 g/mol. The highest BCUT2D eigenvalue weighted by molar-refractivity contribution is 9.10. The van der Waals surface area contributed by atoms with Gasteiger partial charge < -0.3 is 15.2 Å². The lowest BCUT2D eigenvalue weighted by Crippen LogP contribution is -2.38. The van der Waals surface area contributed by atoms with E-state index >= 15 is 0 Å². The third-order valence-corrected chi connectivity index (χ3v) is 3.70. The summed E-state index contributed by atoms with van der Waals surface area (Å²) in [5, 5.41) is 0. The zero-order chi connectivity index (χ0) is 13.7. The van der Waals surface area contributed by atoms with Crippen molar-refractivity contribution in [2.75, 3.05) is 45.2 Å². The average molecular weight is 329 g/mol. The fraction of sp³-hybridized carbons (Fsp3) is 0.462. The van der Waals surface area contributed by atoms with Gasteiger partial charge in [-0.25, -0.2) is 4.79 Å². The van der Waals surface area contributed by atoms with Gasteiger partial charge in [-0.1, -0.05) is 0 Å². The molecule has 5 nitrogen and oxygen atoms in total. The van der Waals surface area contributed by atoms with Crippen molar-refractivity contribution in [2.24, 2.45) is 0 Å². The van der Waals surface area contributed by atoms with Crippen molar-refractivity contribution in [3.63, 3.8) is 0 Å². The van der Waals surface area contributed by atoms with Gasteiger partial charge in [0.05, 0.1) is 18.8 Å². The lowest BCUT2D eigenvalue weighted by Gasteiger charge is -2.26. The van der Waals surface area contributed by atoms with Crippen molar-refractivity contribution in [1.82, 2.24) is 4.90 Å². The highest BCUT2D eigenvalue weighted by Gasteiger charge is 2.12. The van der Waals surface area contributed by atoms with Crippen LogP contribution in [-0.4, -0.2) is 50.3 Å². The SMILES string of the molecule is Nc1cc(C(=O)OCCN2CCOCC2)ccc1Br. The zero-order valence-electron chi connectivity index (χ0n) is 10.6. The number of nitrogens with zero attached hydrogens (tertiary/aromatic N) is 1. The molecule has 0 amide bonds. The van der Waals surface area contributed by atoms with E-state index in [9.17, 15) is 4.79 Å². The van der Waals surface area contributed by atoms with Crippen LogP contribution in [0, 0.1) is 0 Å². The summed E-state index contributed by atoms with van der Waals surface area (Å²) in [4.78, 5) is 14.0. The first kappa shape index (κ1) is 14.3. The van der Waals surface area contributed by atoms with Crippen LogP contribution in [0.3, 0.4) is 0 Å². The number of anilines is 1. The Labute approximate surface area is 120 Å². The fourth-order valence-corrected chi connectivity index (χ4v) is 2.09. The van der Waals surface area contributed by atoms with Gasteiger partial charge >= 0.3 is 5.97 Å². The Morgan fingerprint density at radius 3 is 2.84 bits per heavy atom. The molecule has 0 aliphatic carbocycles. The van der Waals surface area contributed by atoms with Crippen LogP contribution < -0.4 is 5.73 Å². The first-order chi connectivity index (χ1) is 9.16. The summed E-state index contributed by atoms with van der Waals surface area (Å²) in [7, 11) is 0. The number of halogens is 1. The van der Waals surface area contributed by atoms with Crippen molar-refractivity contribution < 1.29 is 14.3 Å². The molecule has 0 aromatic heterocycles. The van der Waals surface area contributed by atoms with E-state index in [0.717, 1.165) is 37.3 Å². The fourth-order valence-electron chi connectivity index (χ4n) is 1.85. The molecule has 1 aromatic rings. The van der Waals surface area contributed by atoms with Crippen LogP contribution in [0.25, 0.3) is 0 Å². The van der Waals surface area contributed by atoms with Crippen molar-refractivity contribution in [1.29, 1.82) is 0 Å². The number of ether oxygens (including phenoxy) is 2. The van der Waals surface area contributed by atoms with Gasteiger partial charge in [-0.15, -0.1) is 0 Å². The summed E-state index contributed by atoms with van der Waals surface area (Å²) in [5.74, 6) is -0.340. The molecule has 0 radical (unpaired) electrons. The Morgan fingerprint density at radius 1 is 1.42 bits per heavy atom. The largest absolute Gasteiger partial charge is 0.461 e. The Hall–Kier alpha value is -1.11. The Kier molecular flexibility index (Phi) is 5.18. The summed E-state index contributed by atoms with van der Waals surface area (Å²) in [6, 6.07) is 5.05. The van der Waals surface area contributed by atoms with E-state index < -0.39 is 0 Å². The first-order valence-electron chi connectivity index (χ1n) is 6.19. The second-order valence-electron chi connectivity index (χ2n) is 4.33. The molecule has 6 heteroatoms. The topological polar surface area (TPSA) is 64.8 Å². The van der Waals surface area contributed by atoms with E-state index in [1.807, 2.05) is 0 Å². The minimum Gasteiger partial charge on any atom is -0.461 e. The first-order valence-corrected chi connectivity index (χ1v) is 6.98. The summed E-state index contributed by atoms with van der Waals surface area (Å²) < 4.78 is 11.3. The minimum absolute atomic E-state index is 0.340. The molecular formula is C13H17BrN2O3. The normalized spacial score (nSPS) is 16.3. The summed E-state index contributed by atoms with van der Waals surface area (Å²) in [5.41, 5.74) is 6.73. The van der Waals surface area contributed by atoms with Gasteiger partial charge in [0.15, 0.2) is 0 Å². The number of benzene rings is 1. The molecule has 1 aromatic carbocycles.